The molecule has 0 N–H and O–H groups in total. The molecule has 0 bridgehead atoms. The van der Waals surface area contributed by atoms with Gasteiger partial charge < -0.3 is 14.2 Å². The van der Waals surface area contributed by atoms with Crippen LogP contribution in [0.25, 0.3) is 10.9 Å². The number of carbonyl (C=O) groups excluding carboxylic acids is 2. The minimum Gasteiger partial charge on any atom is -0.452 e. The van der Waals surface area contributed by atoms with Gasteiger partial charge in [-0.25, -0.2) is 4.79 Å². The maximum atomic E-state index is 12.3. The smallest absolute Gasteiger partial charge is 0.340 e. The molecule has 2 aromatic rings. The van der Waals surface area contributed by atoms with Crippen molar-refractivity contribution in [2.24, 2.45) is 7.05 Å². The van der Waals surface area contributed by atoms with Crippen LogP contribution in [0.3, 0.4) is 0 Å². The third-order valence-corrected chi connectivity index (χ3v) is 3.64. The van der Waals surface area contributed by atoms with Crippen molar-refractivity contribution in [3.05, 3.63) is 48.2 Å². The zero-order valence-corrected chi connectivity index (χ0v) is 13.8. The number of nitrogens with zero attached hydrogens (tertiary/aromatic N) is 2. The minimum atomic E-state index is -0.485. The highest BCUT2D eigenvalue weighted by atomic mass is 16.5. The van der Waals surface area contributed by atoms with Gasteiger partial charge in [0.25, 0.3) is 5.91 Å². The summed E-state index contributed by atoms with van der Waals surface area (Å²) in [6.45, 7) is 8.31. The molecule has 0 aliphatic rings. The van der Waals surface area contributed by atoms with Crippen LogP contribution in [-0.4, -0.2) is 41.0 Å². The summed E-state index contributed by atoms with van der Waals surface area (Å²) in [7, 11) is 1.87. The molecule has 1 aromatic heterocycles. The molecular weight excluding hydrogens is 292 g/mol. The third-order valence-electron chi connectivity index (χ3n) is 3.64. The number of carbonyl (C=O) groups is 2. The van der Waals surface area contributed by atoms with Crippen molar-refractivity contribution >= 4 is 22.8 Å². The number of fused-ring (bicyclic) bond motifs is 1. The molecule has 0 unspecified atom stereocenters. The van der Waals surface area contributed by atoms with Gasteiger partial charge in [0.15, 0.2) is 6.61 Å². The van der Waals surface area contributed by atoms with Crippen molar-refractivity contribution < 1.29 is 14.3 Å². The van der Waals surface area contributed by atoms with Crippen molar-refractivity contribution in [3.8, 4) is 0 Å². The summed E-state index contributed by atoms with van der Waals surface area (Å²) in [5, 5.41) is 0.821. The third kappa shape index (κ3) is 3.80. The van der Waals surface area contributed by atoms with E-state index in [2.05, 4.69) is 6.58 Å². The molecule has 0 spiro atoms. The number of aromatic nitrogens is 1. The maximum Gasteiger partial charge on any atom is 0.340 e. The van der Waals surface area contributed by atoms with E-state index in [0.717, 1.165) is 16.5 Å². The van der Waals surface area contributed by atoms with Gasteiger partial charge in [-0.15, -0.1) is 0 Å². The summed E-state index contributed by atoms with van der Waals surface area (Å²) in [6, 6.07) is 7.59. The van der Waals surface area contributed by atoms with Gasteiger partial charge in [0.1, 0.15) is 0 Å². The van der Waals surface area contributed by atoms with E-state index < -0.39 is 5.97 Å². The molecule has 0 saturated heterocycles. The Balaban J connectivity index is 2.07. The molecule has 0 saturated carbocycles. The summed E-state index contributed by atoms with van der Waals surface area (Å²) >= 11 is 0. The SMILES string of the molecule is C=C(C)CN(CC)C(=O)COC(=O)c1cn(C)c2ccccc12. The lowest BCUT2D eigenvalue weighted by molar-refractivity contribution is -0.133. The van der Waals surface area contributed by atoms with Gasteiger partial charge in [0.05, 0.1) is 5.56 Å². The lowest BCUT2D eigenvalue weighted by Crippen LogP contribution is -2.35. The molecular formula is C18H22N2O3. The number of aryl methyl sites for hydroxylation is 1. The highest BCUT2D eigenvalue weighted by molar-refractivity contribution is 6.04. The van der Waals surface area contributed by atoms with Crippen molar-refractivity contribution in [2.45, 2.75) is 13.8 Å². The molecule has 5 nitrogen and oxygen atoms in total. The van der Waals surface area contributed by atoms with E-state index >= 15 is 0 Å². The van der Waals surface area contributed by atoms with Gasteiger partial charge in [-0.2, -0.15) is 0 Å². The largest absolute Gasteiger partial charge is 0.452 e. The second-order valence-corrected chi connectivity index (χ2v) is 5.61. The number of rotatable bonds is 6. The van der Waals surface area contributed by atoms with Crippen LogP contribution in [0.1, 0.15) is 24.2 Å². The predicted molar refractivity (Wildman–Crippen MR) is 90.3 cm³/mol. The maximum absolute atomic E-state index is 12.3. The summed E-state index contributed by atoms with van der Waals surface area (Å²) in [5.41, 5.74) is 2.31. The molecule has 23 heavy (non-hydrogen) atoms. The molecule has 5 heteroatoms. The molecule has 0 aliphatic carbocycles. The Kier molecular flexibility index (Phi) is 5.21. The Morgan fingerprint density at radius 3 is 2.65 bits per heavy atom. The number of ether oxygens (including phenoxy) is 1. The fourth-order valence-electron chi connectivity index (χ4n) is 2.50. The van der Waals surface area contributed by atoms with Crippen LogP contribution in [0.5, 0.6) is 0 Å². The quantitative estimate of drug-likeness (QED) is 0.608. The highest BCUT2D eigenvalue weighted by Crippen LogP contribution is 2.20. The Morgan fingerprint density at radius 1 is 1.30 bits per heavy atom. The molecule has 1 amide bonds. The number of likely N-dealkylation sites (N-methyl/N-ethyl adjacent to an activating group) is 1. The molecule has 1 aromatic carbocycles. The van der Waals surface area contributed by atoms with Gasteiger partial charge in [0.2, 0.25) is 0 Å². The first-order valence-corrected chi connectivity index (χ1v) is 7.57. The summed E-state index contributed by atoms with van der Waals surface area (Å²) in [6.07, 6.45) is 1.73. The fraction of sp³-hybridized carbons (Fsp3) is 0.333. The summed E-state index contributed by atoms with van der Waals surface area (Å²) in [4.78, 5) is 26.0. The Bertz CT molecular complexity index is 746. The van der Waals surface area contributed by atoms with Crippen LogP contribution in [0.2, 0.25) is 0 Å². The molecule has 1 heterocycles. The second kappa shape index (κ2) is 7.13. The number of amides is 1. The van der Waals surface area contributed by atoms with Gasteiger partial charge in [-0.1, -0.05) is 30.4 Å². The standard InChI is InChI=1S/C18H22N2O3/c1-5-20(10-13(2)3)17(21)12-23-18(22)15-11-19(4)16-9-7-6-8-14(15)16/h6-9,11H,2,5,10,12H2,1,3-4H3. The first-order chi connectivity index (χ1) is 10.9. The van der Waals surface area contributed by atoms with Gasteiger partial charge >= 0.3 is 5.97 Å². The fourth-order valence-corrected chi connectivity index (χ4v) is 2.50. The Morgan fingerprint density at radius 2 is 2.00 bits per heavy atom. The van der Waals surface area contributed by atoms with E-state index in [1.807, 2.05) is 49.7 Å². The molecule has 0 aliphatic heterocycles. The zero-order chi connectivity index (χ0) is 17.0. The van der Waals surface area contributed by atoms with Gasteiger partial charge in [0, 0.05) is 37.2 Å². The first kappa shape index (κ1) is 16.8. The molecule has 2 rings (SSSR count). The lowest BCUT2D eigenvalue weighted by Gasteiger charge is -2.20. The van der Waals surface area contributed by atoms with Crippen LogP contribution in [-0.2, 0) is 16.6 Å². The van der Waals surface area contributed by atoms with Gasteiger partial charge in [-0.3, -0.25) is 4.79 Å². The van der Waals surface area contributed by atoms with E-state index in [0.29, 0.717) is 18.7 Å². The predicted octanol–water partition coefficient (Wildman–Crippen LogP) is 2.76. The van der Waals surface area contributed by atoms with E-state index in [1.165, 1.54) is 0 Å². The number of hydrogen-bond donors (Lipinski definition) is 0. The van der Waals surface area contributed by atoms with E-state index in [9.17, 15) is 9.59 Å². The summed E-state index contributed by atoms with van der Waals surface area (Å²) < 4.78 is 7.07. The normalized spacial score (nSPS) is 10.6. The molecule has 122 valence electrons. The molecule has 0 fully saturated rings. The Hall–Kier alpha value is -2.56. The first-order valence-electron chi connectivity index (χ1n) is 7.57. The van der Waals surface area contributed by atoms with Crippen molar-refractivity contribution in [1.29, 1.82) is 0 Å². The topological polar surface area (TPSA) is 51.5 Å². The zero-order valence-electron chi connectivity index (χ0n) is 13.8. The van der Waals surface area contributed by atoms with Crippen LogP contribution >= 0.6 is 0 Å². The average molecular weight is 314 g/mol. The van der Waals surface area contributed by atoms with Crippen LogP contribution in [0.15, 0.2) is 42.6 Å². The van der Waals surface area contributed by atoms with Crippen LogP contribution < -0.4 is 0 Å². The number of esters is 1. The average Bonchev–Trinajstić information content (AvgIpc) is 2.87. The molecule has 0 radical (unpaired) electrons. The van der Waals surface area contributed by atoms with E-state index in [4.69, 9.17) is 4.74 Å². The lowest BCUT2D eigenvalue weighted by atomic mass is 10.2. The minimum absolute atomic E-state index is 0.218. The summed E-state index contributed by atoms with van der Waals surface area (Å²) in [5.74, 6) is -0.703. The van der Waals surface area contributed by atoms with E-state index in [1.54, 1.807) is 11.1 Å². The van der Waals surface area contributed by atoms with Crippen molar-refractivity contribution in [2.75, 3.05) is 19.7 Å². The van der Waals surface area contributed by atoms with E-state index in [-0.39, 0.29) is 12.5 Å². The number of hydrogen-bond acceptors (Lipinski definition) is 3. The van der Waals surface area contributed by atoms with Gasteiger partial charge in [-0.05, 0) is 19.9 Å². The number of benzene rings is 1. The van der Waals surface area contributed by atoms with Crippen molar-refractivity contribution in [1.82, 2.24) is 9.47 Å². The van der Waals surface area contributed by atoms with Crippen LogP contribution in [0, 0.1) is 0 Å². The monoisotopic (exact) mass is 314 g/mol. The number of para-hydroxylation sites is 1. The van der Waals surface area contributed by atoms with Crippen LogP contribution in [0.4, 0.5) is 0 Å². The Labute approximate surface area is 136 Å². The molecule has 0 atom stereocenters. The highest BCUT2D eigenvalue weighted by Gasteiger charge is 2.18. The van der Waals surface area contributed by atoms with Crippen molar-refractivity contribution in [3.63, 3.8) is 0 Å². The second-order valence-electron chi connectivity index (χ2n) is 5.61.